The number of likely N-dealkylation sites (tertiary alicyclic amines) is 1. The molecule has 1 amide bonds. The molecule has 0 aliphatic carbocycles. The van der Waals surface area contributed by atoms with E-state index in [1.54, 1.807) is 23.1 Å². The van der Waals surface area contributed by atoms with Crippen LogP contribution in [0.15, 0.2) is 17.1 Å². The van der Waals surface area contributed by atoms with Gasteiger partial charge in [0, 0.05) is 40.4 Å². The van der Waals surface area contributed by atoms with E-state index < -0.39 is 0 Å². The van der Waals surface area contributed by atoms with Gasteiger partial charge in [-0.2, -0.15) is 5.10 Å². The summed E-state index contributed by atoms with van der Waals surface area (Å²) in [6.45, 7) is 1.27. The molecule has 0 N–H and O–H groups in total. The maximum Gasteiger partial charge on any atom is 0.269 e. The quantitative estimate of drug-likeness (QED) is 0.778. The molecule has 0 aromatic carbocycles. The van der Waals surface area contributed by atoms with Crippen LogP contribution in [0.5, 0.6) is 0 Å². The smallest absolute Gasteiger partial charge is 0.269 e. The van der Waals surface area contributed by atoms with Crippen LogP contribution in [0.4, 0.5) is 5.69 Å². The summed E-state index contributed by atoms with van der Waals surface area (Å²) in [7, 11) is 5.33. The van der Waals surface area contributed by atoms with Gasteiger partial charge >= 0.3 is 0 Å². The number of piperidine rings is 1. The van der Waals surface area contributed by atoms with Crippen molar-refractivity contribution in [1.82, 2.24) is 14.7 Å². The van der Waals surface area contributed by atoms with E-state index in [0.29, 0.717) is 13.1 Å². The standard InChI is InChI=1S/C14H22N4O3/c1-16(2)11-7-13(19)18(15-8-11)10-14(20)17-6-4-5-12(9-17)21-3/h7-8,12H,4-6,9-10H2,1-3H3/t12-/m0/s1. The third-order valence-electron chi connectivity index (χ3n) is 3.72. The third kappa shape index (κ3) is 3.81. The minimum absolute atomic E-state index is 0.0248. The van der Waals surface area contributed by atoms with Crippen molar-refractivity contribution in [3.63, 3.8) is 0 Å². The van der Waals surface area contributed by atoms with Crippen LogP contribution in [0.1, 0.15) is 12.8 Å². The molecule has 1 aliphatic rings. The number of ether oxygens (including phenoxy) is 1. The molecule has 1 aromatic heterocycles. The molecule has 0 radical (unpaired) electrons. The monoisotopic (exact) mass is 294 g/mol. The molecule has 21 heavy (non-hydrogen) atoms. The molecule has 1 aliphatic heterocycles. The number of methoxy groups -OCH3 is 1. The lowest BCUT2D eigenvalue weighted by molar-refractivity contribution is -0.135. The van der Waals surface area contributed by atoms with Gasteiger partial charge in [0.15, 0.2) is 0 Å². The Kier molecular flexibility index (Phi) is 4.95. The van der Waals surface area contributed by atoms with Crippen LogP contribution < -0.4 is 10.5 Å². The van der Waals surface area contributed by atoms with Crippen molar-refractivity contribution < 1.29 is 9.53 Å². The number of rotatable bonds is 4. The minimum atomic E-state index is -0.269. The zero-order valence-corrected chi connectivity index (χ0v) is 12.8. The first-order valence-electron chi connectivity index (χ1n) is 7.06. The van der Waals surface area contributed by atoms with Gasteiger partial charge in [0.2, 0.25) is 5.91 Å². The summed E-state index contributed by atoms with van der Waals surface area (Å²) in [6, 6.07) is 1.48. The van der Waals surface area contributed by atoms with Crippen molar-refractivity contribution in [2.24, 2.45) is 0 Å². The van der Waals surface area contributed by atoms with E-state index in [9.17, 15) is 9.59 Å². The summed E-state index contributed by atoms with van der Waals surface area (Å²) in [6.07, 6.45) is 3.56. The lowest BCUT2D eigenvalue weighted by Crippen LogP contribution is -2.45. The van der Waals surface area contributed by atoms with E-state index in [-0.39, 0.29) is 24.1 Å². The van der Waals surface area contributed by atoms with Gasteiger partial charge in [0.05, 0.1) is 18.0 Å². The summed E-state index contributed by atoms with van der Waals surface area (Å²) in [5.41, 5.74) is 0.455. The van der Waals surface area contributed by atoms with Gasteiger partial charge < -0.3 is 14.5 Å². The van der Waals surface area contributed by atoms with Crippen LogP contribution in [0.2, 0.25) is 0 Å². The molecule has 0 saturated carbocycles. The lowest BCUT2D eigenvalue weighted by Gasteiger charge is -2.31. The average Bonchev–Trinajstić information content (AvgIpc) is 2.49. The second kappa shape index (κ2) is 6.71. The Morgan fingerprint density at radius 3 is 2.90 bits per heavy atom. The zero-order valence-electron chi connectivity index (χ0n) is 12.8. The molecule has 7 heteroatoms. The molecular weight excluding hydrogens is 272 g/mol. The first-order valence-corrected chi connectivity index (χ1v) is 7.06. The van der Waals surface area contributed by atoms with Crippen LogP contribution in [0.3, 0.4) is 0 Å². The third-order valence-corrected chi connectivity index (χ3v) is 3.72. The van der Waals surface area contributed by atoms with E-state index in [2.05, 4.69) is 5.10 Å². The fourth-order valence-corrected chi connectivity index (χ4v) is 2.37. The van der Waals surface area contributed by atoms with Crippen LogP contribution in [-0.4, -0.2) is 61.0 Å². The van der Waals surface area contributed by atoms with Gasteiger partial charge in [-0.05, 0) is 12.8 Å². The molecule has 2 rings (SSSR count). The Morgan fingerprint density at radius 2 is 2.29 bits per heavy atom. The van der Waals surface area contributed by atoms with E-state index in [0.717, 1.165) is 18.5 Å². The highest BCUT2D eigenvalue weighted by atomic mass is 16.5. The molecule has 1 saturated heterocycles. The van der Waals surface area contributed by atoms with E-state index in [1.807, 2.05) is 14.1 Å². The Morgan fingerprint density at radius 1 is 1.52 bits per heavy atom. The fraction of sp³-hybridized carbons (Fsp3) is 0.643. The molecule has 0 bridgehead atoms. The van der Waals surface area contributed by atoms with Crippen molar-refractivity contribution in [1.29, 1.82) is 0 Å². The van der Waals surface area contributed by atoms with Crippen molar-refractivity contribution in [3.05, 3.63) is 22.6 Å². The van der Waals surface area contributed by atoms with Crippen molar-refractivity contribution >= 4 is 11.6 Å². The second-order valence-electron chi connectivity index (χ2n) is 5.44. The number of hydrogen-bond acceptors (Lipinski definition) is 5. The largest absolute Gasteiger partial charge is 0.380 e. The maximum absolute atomic E-state index is 12.3. The SMILES string of the molecule is CO[C@H]1CCCN(C(=O)Cn2ncc(N(C)C)cc2=O)C1. The normalized spacial score (nSPS) is 18.6. The lowest BCUT2D eigenvalue weighted by atomic mass is 10.1. The van der Waals surface area contributed by atoms with Gasteiger partial charge in [-0.25, -0.2) is 4.68 Å². The highest BCUT2D eigenvalue weighted by Gasteiger charge is 2.23. The second-order valence-corrected chi connectivity index (χ2v) is 5.44. The van der Waals surface area contributed by atoms with Gasteiger partial charge in [-0.1, -0.05) is 0 Å². The number of carbonyl (C=O) groups excluding carboxylic acids is 1. The first-order chi connectivity index (χ1) is 10.0. The maximum atomic E-state index is 12.3. The molecule has 7 nitrogen and oxygen atoms in total. The molecule has 2 heterocycles. The number of anilines is 1. The average molecular weight is 294 g/mol. The summed E-state index contributed by atoms with van der Waals surface area (Å²) >= 11 is 0. The molecule has 0 unspecified atom stereocenters. The topological polar surface area (TPSA) is 67.7 Å². The highest BCUT2D eigenvalue weighted by molar-refractivity contribution is 5.76. The van der Waals surface area contributed by atoms with E-state index in [1.165, 1.54) is 10.7 Å². The van der Waals surface area contributed by atoms with Gasteiger partial charge in [-0.15, -0.1) is 0 Å². The zero-order chi connectivity index (χ0) is 15.4. The van der Waals surface area contributed by atoms with Crippen molar-refractivity contribution in [2.45, 2.75) is 25.5 Å². The van der Waals surface area contributed by atoms with E-state index in [4.69, 9.17) is 4.74 Å². The Hall–Kier alpha value is -1.89. The van der Waals surface area contributed by atoms with Crippen LogP contribution in [0.25, 0.3) is 0 Å². The molecule has 0 spiro atoms. The summed E-state index contributed by atoms with van der Waals surface area (Å²) in [5.74, 6) is -0.0936. The summed E-state index contributed by atoms with van der Waals surface area (Å²) in [5, 5.41) is 4.06. The minimum Gasteiger partial charge on any atom is -0.380 e. The number of aromatic nitrogens is 2. The van der Waals surface area contributed by atoms with Crippen molar-refractivity contribution in [2.75, 3.05) is 39.2 Å². The van der Waals surface area contributed by atoms with Crippen molar-refractivity contribution in [3.8, 4) is 0 Å². The van der Waals surface area contributed by atoms with Gasteiger partial charge in [0.25, 0.3) is 5.56 Å². The molecule has 116 valence electrons. The van der Waals surface area contributed by atoms with Crippen LogP contribution in [0, 0.1) is 0 Å². The summed E-state index contributed by atoms with van der Waals surface area (Å²) < 4.78 is 6.50. The number of nitrogens with zero attached hydrogens (tertiary/aromatic N) is 4. The predicted molar refractivity (Wildman–Crippen MR) is 79.4 cm³/mol. The Bertz CT molecular complexity index is 555. The van der Waals surface area contributed by atoms with Gasteiger partial charge in [-0.3, -0.25) is 9.59 Å². The summed E-state index contributed by atoms with van der Waals surface area (Å²) in [4.78, 5) is 27.8. The van der Waals surface area contributed by atoms with Crippen LogP contribution >= 0.6 is 0 Å². The molecular formula is C14H22N4O3. The van der Waals surface area contributed by atoms with E-state index >= 15 is 0 Å². The molecule has 1 aromatic rings. The predicted octanol–water partition coefficient (Wildman–Crippen LogP) is -0.0533. The Balaban J connectivity index is 2.04. The molecule has 1 atom stereocenters. The van der Waals surface area contributed by atoms with Gasteiger partial charge in [0.1, 0.15) is 6.54 Å². The van der Waals surface area contributed by atoms with Crippen LogP contribution in [-0.2, 0) is 16.1 Å². The number of amides is 1. The number of carbonyl (C=O) groups is 1. The fourth-order valence-electron chi connectivity index (χ4n) is 2.37. The number of hydrogen-bond donors (Lipinski definition) is 0. The Labute approximate surface area is 124 Å². The first kappa shape index (κ1) is 15.5. The molecule has 1 fully saturated rings. The highest BCUT2D eigenvalue weighted by Crippen LogP contribution is 2.13.